The van der Waals surface area contributed by atoms with Crippen LogP contribution in [0.3, 0.4) is 0 Å². The lowest BCUT2D eigenvalue weighted by atomic mass is 9.99. The van der Waals surface area contributed by atoms with Crippen molar-refractivity contribution in [1.29, 1.82) is 0 Å². The van der Waals surface area contributed by atoms with Gasteiger partial charge in [0, 0.05) is 42.7 Å². The van der Waals surface area contributed by atoms with Gasteiger partial charge in [0.2, 0.25) is 5.91 Å². The van der Waals surface area contributed by atoms with E-state index in [0.717, 1.165) is 5.69 Å². The molecular weight excluding hydrogens is 449 g/mol. The van der Waals surface area contributed by atoms with E-state index in [-0.39, 0.29) is 30.2 Å². The summed E-state index contributed by atoms with van der Waals surface area (Å²) in [4.78, 5) is 30.4. The van der Waals surface area contributed by atoms with Gasteiger partial charge in [0.1, 0.15) is 23.9 Å². The van der Waals surface area contributed by atoms with Gasteiger partial charge in [-0.3, -0.25) is 9.59 Å². The zero-order chi connectivity index (χ0) is 25.1. The van der Waals surface area contributed by atoms with E-state index in [4.69, 9.17) is 9.47 Å². The molecule has 0 fully saturated rings. The lowest BCUT2D eigenvalue weighted by Crippen LogP contribution is -2.49. The second kappa shape index (κ2) is 10.2. The first-order chi connectivity index (χ1) is 16.8. The molecule has 0 radical (unpaired) electrons. The minimum Gasteiger partial charge on any atom is -0.497 e. The van der Waals surface area contributed by atoms with Gasteiger partial charge in [0.25, 0.3) is 5.91 Å². The van der Waals surface area contributed by atoms with Gasteiger partial charge in [-0.1, -0.05) is 12.1 Å². The highest BCUT2D eigenvalue weighted by molar-refractivity contribution is 5.97. The summed E-state index contributed by atoms with van der Waals surface area (Å²) in [6, 6.07) is 14.5. The first kappa shape index (κ1) is 24.3. The fourth-order valence-electron chi connectivity index (χ4n) is 4.50. The summed E-state index contributed by atoms with van der Waals surface area (Å²) in [6.45, 7) is 4.71. The Labute approximate surface area is 204 Å². The summed E-state index contributed by atoms with van der Waals surface area (Å²) in [5, 5.41) is 0. The molecule has 3 aromatic rings. The summed E-state index contributed by atoms with van der Waals surface area (Å²) in [5.41, 5.74) is 1.98. The van der Waals surface area contributed by atoms with Crippen LogP contribution < -0.4 is 9.47 Å². The molecule has 0 unspecified atom stereocenters. The number of amides is 2. The van der Waals surface area contributed by atoms with Gasteiger partial charge in [-0.15, -0.1) is 0 Å². The van der Waals surface area contributed by atoms with Crippen LogP contribution in [0.2, 0.25) is 0 Å². The fourth-order valence-corrected chi connectivity index (χ4v) is 4.50. The smallest absolute Gasteiger partial charge is 0.254 e. The van der Waals surface area contributed by atoms with Crippen molar-refractivity contribution in [3.05, 3.63) is 83.4 Å². The third-order valence-corrected chi connectivity index (χ3v) is 6.31. The van der Waals surface area contributed by atoms with Crippen molar-refractivity contribution in [3.8, 4) is 11.5 Å². The summed E-state index contributed by atoms with van der Waals surface area (Å²) in [6.07, 6.45) is 1.96. The van der Waals surface area contributed by atoms with Crippen LogP contribution in [0, 0.1) is 5.82 Å². The molecule has 0 bridgehead atoms. The third kappa shape index (κ3) is 5.01. The Hall–Kier alpha value is -3.81. The first-order valence-corrected chi connectivity index (χ1v) is 11.6. The second-order valence-corrected chi connectivity index (χ2v) is 8.80. The highest BCUT2D eigenvalue weighted by atomic mass is 19.1. The molecule has 184 valence electrons. The topological polar surface area (TPSA) is 64.0 Å². The van der Waals surface area contributed by atoms with E-state index in [1.54, 1.807) is 29.2 Å². The molecule has 2 aromatic carbocycles. The van der Waals surface area contributed by atoms with Gasteiger partial charge in [-0.05, 0) is 55.8 Å². The number of nitrogens with zero attached hydrogens (tertiary/aromatic N) is 3. The van der Waals surface area contributed by atoms with Gasteiger partial charge in [-0.2, -0.15) is 0 Å². The lowest BCUT2D eigenvalue weighted by Gasteiger charge is -2.39. The van der Waals surface area contributed by atoms with E-state index in [1.165, 1.54) is 31.3 Å². The van der Waals surface area contributed by atoms with Crippen molar-refractivity contribution in [2.75, 3.05) is 27.3 Å². The Morgan fingerprint density at radius 3 is 2.37 bits per heavy atom. The predicted octanol–water partition coefficient (Wildman–Crippen LogP) is 4.13. The Morgan fingerprint density at radius 2 is 1.74 bits per heavy atom. The zero-order valence-electron chi connectivity index (χ0n) is 20.4. The molecule has 1 aromatic heterocycles. The molecule has 1 aliphatic heterocycles. The average molecular weight is 480 g/mol. The van der Waals surface area contributed by atoms with Crippen molar-refractivity contribution in [2.45, 2.75) is 32.5 Å². The molecule has 2 amide bonds. The molecule has 0 aliphatic carbocycles. The highest BCUT2D eigenvalue weighted by Gasteiger charge is 2.34. The van der Waals surface area contributed by atoms with Crippen molar-refractivity contribution in [3.63, 3.8) is 0 Å². The maximum atomic E-state index is 14.1. The molecule has 1 atom stereocenters. The SMILES string of the molecule is COc1cc(OC)cc(C(=O)N(CC(=O)N2CCn3cccc3[C@@H]2c2cccc(F)c2)C(C)C)c1. The quantitative estimate of drug-likeness (QED) is 0.511. The number of benzene rings is 2. The van der Waals surface area contributed by atoms with Crippen LogP contribution >= 0.6 is 0 Å². The van der Waals surface area contributed by atoms with Crippen molar-refractivity contribution < 1.29 is 23.5 Å². The van der Waals surface area contributed by atoms with Crippen molar-refractivity contribution in [2.24, 2.45) is 0 Å². The first-order valence-electron chi connectivity index (χ1n) is 11.6. The molecule has 0 saturated carbocycles. The standard InChI is InChI=1S/C27H30FN3O4/c1-18(2)31(27(33)20-14-22(34-3)16-23(15-20)35-4)17-25(32)30-12-11-29-10-6-9-24(29)26(30)19-7-5-8-21(28)13-19/h5-10,13-16,18,26H,11-12,17H2,1-4H3/t26-/m0/s1. The van der Waals surface area contributed by atoms with Gasteiger partial charge in [0.15, 0.2) is 0 Å². The van der Waals surface area contributed by atoms with Gasteiger partial charge < -0.3 is 23.8 Å². The minimum absolute atomic E-state index is 0.109. The van der Waals surface area contributed by atoms with Crippen LogP contribution in [0.5, 0.6) is 11.5 Å². The van der Waals surface area contributed by atoms with Crippen LogP contribution in [-0.2, 0) is 11.3 Å². The van der Waals surface area contributed by atoms with E-state index >= 15 is 0 Å². The third-order valence-electron chi connectivity index (χ3n) is 6.31. The fraction of sp³-hybridized carbons (Fsp3) is 0.333. The number of hydrogen-bond acceptors (Lipinski definition) is 4. The largest absolute Gasteiger partial charge is 0.497 e. The number of halogens is 1. The number of rotatable bonds is 7. The van der Waals surface area contributed by atoms with E-state index < -0.39 is 6.04 Å². The van der Waals surface area contributed by atoms with Crippen LogP contribution in [0.4, 0.5) is 4.39 Å². The Bertz CT molecular complexity index is 1200. The van der Waals surface area contributed by atoms with Crippen molar-refractivity contribution >= 4 is 11.8 Å². The number of carbonyl (C=O) groups excluding carboxylic acids is 2. The summed E-state index contributed by atoms with van der Waals surface area (Å²) in [5.74, 6) is 0.123. The number of methoxy groups -OCH3 is 2. The number of fused-ring (bicyclic) bond motifs is 1. The normalized spacial score (nSPS) is 15.0. The summed E-state index contributed by atoms with van der Waals surface area (Å²) < 4.78 is 26.8. The monoisotopic (exact) mass is 479 g/mol. The van der Waals surface area contributed by atoms with Crippen LogP contribution in [-0.4, -0.2) is 59.5 Å². The van der Waals surface area contributed by atoms with Gasteiger partial charge in [0.05, 0.1) is 20.3 Å². The van der Waals surface area contributed by atoms with Crippen LogP contribution in [0.15, 0.2) is 60.8 Å². The zero-order valence-corrected chi connectivity index (χ0v) is 20.4. The van der Waals surface area contributed by atoms with Gasteiger partial charge >= 0.3 is 0 Å². The van der Waals surface area contributed by atoms with E-state index in [0.29, 0.717) is 35.7 Å². The number of aromatic nitrogens is 1. The summed E-state index contributed by atoms with van der Waals surface area (Å²) >= 11 is 0. The molecule has 2 heterocycles. The average Bonchev–Trinajstić information content (AvgIpc) is 3.34. The molecule has 4 rings (SSSR count). The van der Waals surface area contributed by atoms with E-state index in [9.17, 15) is 14.0 Å². The molecule has 1 aliphatic rings. The Morgan fingerprint density at radius 1 is 1.03 bits per heavy atom. The lowest BCUT2D eigenvalue weighted by molar-refractivity contribution is -0.135. The number of hydrogen-bond donors (Lipinski definition) is 0. The molecule has 8 heteroatoms. The van der Waals surface area contributed by atoms with E-state index in [1.807, 2.05) is 38.2 Å². The minimum atomic E-state index is -0.442. The second-order valence-electron chi connectivity index (χ2n) is 8.80. The number of carbonyl (C=O) groups is 2. The molecule has 35 heavy (non-hydrogen) atoms. The van der Waals surface area contributed by atoms with Crippen LogP contribution in [0.1, 0.15) is 41.5 Å². The van der Waals surface area contributed by atoms with Gasteiger partial charge in [-0.25, -0.2) is 4.39 Å². The van der Waals surface area contributed by atoms with Crippen LogP contribution in [0.25, 0.3) is 0 Å². The summed E-state index contributed by atoms with van der Waals surface area (Å²) in [7, 11) is 3.04. The molecule has 7 nitrogen and oxygen atoms in total. The Balaban J connectivity index is 1.64. The molecule has 0 N–H and O–H groups in total. The maximum Gasteiger partial charge on any atom is 0.254 e. The predicted molar refractivity (Wildman–Crippen MR) is 130 cm³/mol. The Kier molecular flexibility index (Phi) is 7.10. The number of ether oxygens (including phenoxy) is 2. The molecular formula is C27H30FN3O4. The molecule has 0 spiro atoms. The maximum absolute atomic E-state index is 14.1. The van der Waals surface area contributed by atoms with E-state index in [2.05, 4.69) is 4.57 Å². The highest BCUT2D eigenvalue weighted by Crippen LogP contribution is 2.33. The molecule has 0 saturated heterocycles. The van der Waals surface area contributed by atoms with Crippen molar-refractivity contribution in [1.82, 2.24) is 14.4 Å².